The lowest BCUT2D eigenvalue weighted by molar-refractivity contribution is 0.352. The number of hydrogen-bond acceptors (Lipinski definition) is 3. The van der Waals surface area contributed by atoms with Gasteiger partial charge in [0.25, 0.3) is 0 Å². The van der Waals surface area contributed by atoms with Crippen molar-refractivity contribution in [1.29, 1.82) is 0 Å². The molecular weight excluding hydrogens is 286 g/mol. The average Bonchev–Trinajstić information content (AvgIpc) is 2.56. The number of ether oxygens (including phenoxy) is 2. The van der Waals surface area contributed by atoms with E-state index < -0.39 is 0 Å². The van der Waals surface area contributed by atoms with E-state index in [0.29, 0.717) is 0 Å². The van der Waals surface area contributed by atoms with E-state index in [1.54, 1.807) is 14.2 Å². The first-order valence-electron chi connectivity index (χ1n) is 7.75. The van der Waals surface area contributed by atoms with Crippen LogP contribution >= 0.6 is 0 Å². The molecule has 2 aromatic rings. The van der Waals surface area contributed by atoms with Gasteiger partial charge in [0, 0.05) is 17.8 Å². The van der Waals surface area contributed by atoms with E-state index >= 15 is 0 Å². The number of hydrogen-bond donors (Lipinski definition) is 1. The smallest absolute Gasteiger partial charge is 0.164 e. The van der Waals surface area contributed by atoms with Crippen LogP contribution in [0.1, 0.15) is 22.3 Å². The lowest BCUT2D eigenvalue weighted by Crippen LogP contribution is -2.04. The minimum atomic E-state index is 0.731. The Morgan fingerprint density at radius 3 is 2.57 bits per heavy atom. The molecule has 3 nitrogen and oxygen atoms in total. The van der Waals surface area contributed by atoms with Crippen molar-refractivity contribution in [2.45, 2.75) is 26.8 Å². The van der Waals surface area contributed by atoms with Crippen molar-refractivity contribution in [3.63, 3.8) is 0 Å². The summed E-state index contributed by atoms with van der Waals surface area (Å²) < 4.78 is 11.0. The predicted molar refractivity (Wildman–Crippen MR) is 96.7 cm³/mol. The molecule has 0 aliphatic carbocycles. The van der Waals surface area contributed by atoms with Crippen molar-refractivity contribution in [2.75, 3.05) is 19.5 Å². The van der Waals surface area contributed by atoms with Crippen molar-refractivity contribution < 1.29 is 9.47 Å². The summed E-state index contributed by atoms with van der Waals surface area (Å²) in [4.78, 5) is 0. The number of methoxy groups -OCH3 is 2. The van der Waals surface area contributed by atoms with Gasteiger partial charge < -0.3 is 14.8 Å². The standard InChI is InChI=1S/C20H25NO2/c1-6-8-17-11-16(12-19(22-4)20(17)23-5)13-21-18-10-7-9-14(2)15(18)3/h6-7,9-12,21H,1,8,13H2,2-5H3. The van der Waals surface area contributed by atoms with Crippen LogP contribution < -0.4 is 14.8 Å². The van der Waals surface area contributed by atoms with Gasteiger partial charge in [0.15, 0.2) is 11.5 Å². The summed E-state index contributed by atoms with van der Waals surface area (Å²) in [7, 11) is 3.33. The second-order valence-electron chi connectivity index (χ2n) is 5.58. The van der Waals surface area contributed by atoms with Crippen molar-refractivity contribution >= 4 is 5.69 Å². The minimum absolute atomic E-state index is 0.731. The molecule has 3 heteroatoms. The highest BCUT2D eigenvalue weighted by Crippen LogP contribution is 2.33. The Morgan fingerprint density at radius 1 is 1.13 bits per heavy atom. The van der Waals surface area contributed by atoms with Gasteiger partial charge in [-0.15, -0.1) is 6.58 Å². The molecule has 0 aliphatic rings. The van der Waals surface area contributed by atoms with Gasteiger partial charge in [0.1, 0.15) is 0 Å². The van der Waals surface area contributed by atoms with Crippen LogP contribution in [0.2, 0.25) is 0 Å². The number of allylic oxidation sites excluding steroid dienone is 1. The zero-order valence-corrected chi connectivity index (χ0v) is 14.4. The van der Waals surface area contributed by atoms with Crippen LogP contribution in [0.15, 0.2) is 43.0 Å². The third-order valence-corrected chi connectivity index (χ3v) is 4.07. The highest BCUT2D eigenvalue weighted by atomic mass is 16.5. The number of aryl methyl sites for hydroxylation is 1. The second kappa shape index (κ2) is 7.73. The predicted octanol–water partition coefficient (Wildman–Crippen LogP) is 4.66. The molecule has 0 spiro atoms. The van der Waals surface area contributed by atoms with Gasteiger partial charge in [-0.2, -0.15) is 0 Å². The van der Waals surface area contributed by atoms with E-state index in [4.69, 9.17) is 9.47 Å². The van der Waals surface area contributed by atoms with Crippen molar-refractivity contribution in [3.8, 4) is 11.5 Å². The molecule has 23 heavy (non-hydrogen) atoms. The summed E-state index contributed by atoms with van der Waals surface area (Å²) in [6.07, 6.45) is 2.62. The molecule has 0 amide bonds. The van der Waals surface area contributed by atoms with E-state index in [0.717, 1.165) is 41.3 Å². The summed E-state index contributed by atoms with van der Waals surface area (Å²) in [6.45, 7) is 8.81. The molecule has 0 unspecified atom stereocenters. The van der Waals surface area contributed by atoms with E-state index in [1.807, 2.05) is 12.1 Å². The van der Waals surface area contributed by atoms with Gasteiger partial charge in [-0.05, 0) is 55.2 Å². The lowest BCUT2D eigenvalue weighted by atomic mass is 10.0. The summed E-state index contributed by atoms with van der Waals surface area (Å²) in [5.74, 6) is 1.53. The lowest BCUT2D eigenvalue weighted by Gasteiger charge is -2.16. The molecule has 0 radical (unpaired) electrons. The van der Waals surface area contributed by atoms with Gasteiger partial charge in [0.2, 0.25) is 0 Å². The molecule has 2 rings (SSSR count). The van der Waals surface area contributed by atoms with E-state index in [1.165, 1.54) is 11.1 Å². The van der Waals surface area contributed by atoms with E-state index in [9.17, 15) is 0 Å². The molecule has 0 fully saturated rings. The SMILES string of the molecule is C=CCc1cc(CNc2cccc(C)c2C)cc(OC)c1OC. The summed E-state index contributed by atoms with van der Waals surface area (Å²) in [5, 5.41) is 3.51. The molecule has 2 aromatic carbocycles. The number of anilines is 1. The van der Waals surface area contributed by atoms with Crippen LogP contribution in [0, 0.1) is 13.8 Å². The van der Waals surface area contributed by atoms with Crippen LogP contribution in [0.5, 0.6) is 11.5 Å². The molecule has 0 saturated heterocycles. The molecule has 0 bridgehead atoms. The Morgan fingerprint density at radius 2 is 1.91 bits per heavy atom. The first kappa shape index (κ1) is 16.9. The van der Waals surface area contributed by atoms with Gasteiger partial charge in [-0.25, -0.2) is 0 Å². The Hall–Kier alpha value is -2.42. The number of nitrogens with one attached hydrogen (secondary N) is 1. The summed E-state index contributed by atoms with van der Waals surface area (Å²) in [6, 6.07) is 10.5. The van der Waals surface area contributed by atoms with Crippen LogP contribution in [0.25, 0.3) is 0 Å². The van der Waals surface area contributed by atoms with Crippen LogP contribution in [0.3, 0.4) is 0 Å². The van der Waals surface area contributed by atoms with Crippen LogP contribution in [0.4, 0.5) is 5.69 Å². The highest BCUT2D eigenvalue weighted by Gasteiger charge is 2.11. The fourth-order valence-electron chi connectivity index (χ4n) is 2.66. The Labute approximate surface area is 138 Å². The third-order valence-electron chi connectivity index (χ3n) is 4.07. The normalized spacial score (nSPS) is 10.3. The summed E-state index contributed by atoms with van der Waals surface area (Å²) in [5.41, 5.74) is 5.96. The molecule has 0 saturated carbocycles. The minimum Gasteiger partial charge on any atom is -0.493 e. The largest absolute Gasteiger partial charge is 0.493 e. The van der Waals surface area contributed by atoms with Crippen molar-refractivity contribution in [3.05, 3.63) is 65.2 Å². The number of rotatable bonds is 7. The van der Waals surface area contributed by atoms with E-state index in [2.05, 4.69) is 50.0 Å². The van der Waals surface area contributed by atoms with Gasteiger partial charge >= 0.3 is 0 Å². The zero-order chi connectivity index (χ0) is 16.8. The average molecular weight is 311 g/mol. The fraction of sp³-hybridized carbons (Fsp3) is 0.300. The molecule has 0 aliphatic heterocycles. The van der Waals surface area contributed by atoms with Crippen molar-refractivity contribution in [2.24, 2.45) is 0 Å². The third kappa shape index (κ3) is 3.86. The van der Waals surface area contributed by atoms with Gasteiger partial charge in [0.05, 0.1) is 14.2 Å². The quantitative estimate of drug-likeness (QED) is 0.754. The maximum atomic E-state index is 5.48. The Bertz CT molecular complexity index is 692. The second-order valence-corrected chi connectivity index (χ2v) is 5.58. The first-order chi connectivity index (χ1) is 11.1. The topological polar surface area (TPSA) is 30.5 Å². The summed E-state index contributed by atoms with van der Waals surface area (Å²) >= 11 is 0. The first-order valence-corrected chi connectivity index (χ1v) is 7.75. The molecule has 0 atom stereocenters. The Kier molecular flexibility index (Phi) is 5.69. The molecular formula is C20H25NO2. The Balaban J connectivity index is 2.27. The van der Waals surface area contributed by atoms with E-state index in [-0.39, 0.29) is 0 Å². The molecule has 0 aromatic heterocycles. The molecule has 0 heterocycles. The van der Waals surface area contributed by atoms with Crippen LogP contribution in [-0.4, -0.2) is 14.2 Å². The maximum Gasteiger partial charge on any atom is 0.164 e. The molecule has 122 valence electrons. The maximum absolute atomic E-state index is 5.48. The fourth-order valence-corrected chi connectivity index (χ4v) is 2.66. The monoisotopic (exact) mass is 311 g/mol. The number of benzene rings is 2. The zero-order valence-electron chi connectivity index (χ0n) is 14.4. The van der Waals surface area contributed by atoms with Gasteiger partial charge in [-0.3, -0.25) is 0 Å². The van der Waals surface area contributed by atoms with Gasteiger partial charge in [-0.1, -0.05) is 18.2 Å². The molecule has 1 N–H and O–H groups in total. The highest BCUT2D eigenvalue weighted by molar-refractivity contribution is 5.55. The van der Waals surface area contributed by atoms with Crippen molar-refractivity contribution in [1.82, 2.24) is 0 Å². The van der Waals surface area contributed by atoms with Crippen LogP contribution in [-0.2, 0) is 13.0 Å².